The predicted octanol–water partition coefficient (Wildman–Crippen LogP) is 3.90. The van der Waals surface area contributed by atoms with Crippen LogP contribution >= 0.6 is 11.6 Å². The van der Waals surface area contributed by atoms with E-state index in [4.69, 9.17) is 26.5 Å². The van der Waals surface area contributed by atoms with Gasteiger partial charge >= 0.3 is 0 Å². The number of hydrogen-bond donors (Lipinski definition) is 2. The smallest absolute Gasteiger partial charge is 0.241 e. The van der Waals surface area contributed by atoms with E-state index in [-0.39, 0.29) is 5.89 Å². The first-order valence-electron chi connectivity index (χ1n) is 8.88. The summed E-state index contributed by atoms with van der Waals surface area (Å²) < 4.78 is 5.76. The van der Waals surface area contributed by atoms with E-state index in [1.54, 1.807) is 38.1 Å². The van der Waals surface area contributed by atoms with Gasteiger partial charge in [-0.15, -0.1) is 10.2 Å². The average Bonchev–Trinajstić information content (AvgIpc) is 3.17. The van der Waals surface area contributed by atoms with E-state index >= 15 is 0 Å². The number of nitriles is 2. The molecule has 2 unspecified atom stereocenters. The molecule has 2 N–H and O–H groups in total. The summed E-state index contributed by atoms with van der Waals surface area (Å²) in [5, 5.41) is 39.9. The lowest BCUT2D eigenvalue weighted by atomic mass is 10.1. The van der Waals surface area contributed by atoms with E-state index in [2.05, 4.69) is 21.6 Å². The Bertz CT molecular complexity index is 1090. The molecule has 0 radical (unpaired) electrons. The molecule has 3 rings (SSSR count). The van der Waals surface area contributed by atoms with Crippen molar-refractivity contribution in [2.45, 2.75) is 32.4 Å². The summed E-state index contributed by atoms with van der Waals surface area (Å²) in [5.74, 6) is 0.635. The van der Waals surface area contributed by atoms with Gasteiger partial charge in [0.1, 0.15) is 12.1 Å². The first-order chi connectivity index (χ1) is 13.9. The van der Waals surface area contributed by atoms with E-state index < -0.39 is 12.1 Å². The third kappa shape index (κ3) is 4.55. The quantitative estimate of drug-likeness (QED) is 0.635. The maximum Gasteiger partial charge on any atom is 0.241 e. The third-order valence-electron chi connectivity index (χ3n) is 4.49. The predicted molar refractivity (Wildman–Crippen MR) is 107 cm³/mol. The van der Waals surface area contributed by atoms with E-state index in [1.807, 2.05) is 18.2 Å². The van der Waals surface area contributed by atoms with Gasteiger partial charge in [0.15, 0.2) is 0 Å². The Morgan fingerprint density at radius 2 is 1.86 bits per heavy atom. The minimum absolute atomic E-state index is 0.239. The van der Waals surface area contributed by atoms with Crippen LogP contribution in [0, 0.1) is 29.6 Å². The van der Waals surface area contributed by atoms with Crippen LogP contribution in [0.2, 0.25) is 5.02 Å². The van der Waals surface area contributed by atoms with Crippen molar-refractivity contribution >= 4 is 17.3 Å². The summed E-state index contributed by atoms with van der Waals surface area (Å²) in [6.07, 6.45) is -0.417. The fraction of sp³-hybridized carbons (Fsp3) is 0.238. The second-order valence-corrected chi connectivity index (χ2v) is 6.97. The zero-order chi connectivity index (χ0) is 21.0. The number of nitrogens with one attached hydrogen (secondary N) is 1. The molecular formula is C21H18ClN5O2. The molecule has 146 valence electrons. The van der Waals surface area contributed by atoms with E-state index in [0.717, 1.165) is 5.56 Å². The third-order valence-corrected chi connectivity index (χ3v) is 4.97. The molecule has 3 aromatic rings. The molecule has 7 nitrogen and oxygen atoms in total. The molecule has 0 amide bonds. The van der Waals surface area contributed by atoms with Crippen molar-refractivity contribution in [3.05, 3.63) is 75.5 Å². The lowest BCUT2D eigenvalue weighted by Gasteiger charge is -2.21. The molecule has 1 heterocycles. The van der Waals surface area contributed by atoms with Crippen LogP contribution in [-0.4, -0.2) is 21.4 Å². The minimum Gasteiger partial charge on any atom is -0.423 e. The van der Waals surface area contributed by atoms with E-state index in [9.17, 15) is 5.11 Å². The second kappa shape index (κ2) is 8.74. The van der Waals surface area contributed by atoms with Gasteiger partial charge in [0.05, 0.1) is 34.7 Å². The number of hydrogen-bond acceptors (Lipinski definition) is 7. The van der Waals surface area contributed by atoms with Gasteiger partial charge < -0.3 is 14.8 Å². The van der Waals surface area contributed by atoms with Crippen molar-refractivity contribution in [1.82, 2.24) is 10.2 Å². The van der Waals surface area contributed by atoms with Crippen LogP contribution in [0.4, 0.5) is 5.69 Å². The molecule has 0 aliphatic carbocycles. The number of aromatic nitrogens is 2. The zero-order valence-electron chi connectivity index (χ0n) is 15.8. The largest absolute Gasteiger partial charge is 0.423 e. The van der Waals surface area contributed by atoms with Crippen LogP contribution in [0.15, 0.2) is 40.8 Å². The van der Waals surface area contributed by atoms with Gasteiger partial charge in [0.25, 0.3) is 0 Å². The molecule has 29 heavy (non-hydrogen) atoms. The lowest BCUT2D eigenvalue weighted by Crippen LogP contribution is -2.23. The van der Waals surface area contributed by atoms with Crippen LogP contribution in [0.25, 0.3) is 0 Å². The lowest BCUT2D eigenvalue weighted by molar-refractivity contribution is 0.158. The Balaban J connectivity index is 1.81. The number of benzene rings is 2. The van der Waals surface area contributed by atoms with Crippen molar-refractivity contribution in [2.75, 3.05) is 5.32 Å². The number of halogens is 1. The number of rotatable bonds is 6. The minimum atomic E-state index is -0.827. The molecule has 0 spiro atoms. The summed E-state index contributed by atoms with van der Waals surface area (Å²) in [6.45, 7) is 3.40. The van der Waals surface area contributed by atoms with Gasteiger partial charge in [0.2, 0.25) is 11.8 Å². The van der Waals surface area contributed by atoms with Gasteiger partial charge in [-0.1, -0.05) is 23.7 Å². The van der Waals surface area contributed by atoms with Crippen LogP contribution in [0.1, 0.15) is 47.0 Å². The molecule has 0 saturated carbocycles. The summed E-state index contributed by atoms with van der Waals surface area (Å²) in [5.41, 5.74) is 3.23. The summed E-state index contributed by atoms with van der Waals surface area (Å²) >= 11 is 6.23. The fourth-order valence-electron chi connectivity index (χ4n) is 2.82. The molecule has 1 aromatic heterocycles. The maximum absolute atomic E-state index is 10.2. The van der Waals surface area contributed by atoms with Gasteiger partial charge in [-0.05, 0) is 49.2 Å². The molecular weight excluding hydrogens is 390 g/mol. The summed E-state index contributed by atoms with van der Waals surface area (Å²) in [6, 6.07) is 13.9. The maximum atomic E-state index is 10.2. The van der Waals surface area contributed by atoms with Gasteiger partial charge in [-0.25, -0.2) is 0 Å². The first kappa shape index (κ1) is 20.3. The van der Waals surface area contributed by atoms with Crippen molar-refractivity contribution < 1.29 is 9.52 Å². The monoisotopic (exact) mass is 407 g/mol. The average molecular weight is 408 g/mol. The molecule has 2 aromatic carbocycles. The first-order valence-corrected chi connectivity index (χ1v) is 9.26. The highest BCUT2D eigenvalue weighted by Gasteiger charge is 2.25. The molecule has 0 aliphatic rings. The van der Waals surface area contributed by atoms with Gasteiger partial charge in [-0.3, -0.25) is 0 Å². The van der Waals surface area contributed by atoms with Crippen molar-refractivity contribution in [3.63, 3.8) is 0 Å². The van der Waals surface area contributed by atoms with Crippen molar-refractivity contribution in [3.8, 4) is 12.1 Å². The molecule has 0 saturated heterocycles. The number of aliphatic hydroxyl groups is 1. The SMILES string of the molecule is Cc1c(NC(c2nnc(Cc3ccc(C#N)cc3)o2)C(C)O)ccc(C#N)c1Cl. The molecule has 2 atom stereocenters. The Morgan fingerprint density at radius 3 is 2.48 bits per heavy atom. The molecule has 0 bridgehead atoms. The topological polar surface area (TPSA) is 119 Å². The van der Waals surface area contributed by atoms with Crippen LogP contribution in [0.5, 0.6) is 0 Å². The zero-order valence-corrected chi connectivity index (χ0v) is 16.6. The Hall–Kier alpha value is -3.39. The van der Waals surface area contributed by atoms with Crippen molar-refractivity contribution in [2.24, 2.45) is 0 Å². The van der Waals surface area contributed by atoms with Crippen LogP contribution < -0.4 is 5.32 Å². The Morgan fingerprint density at radius 1 is 1.14 bits per heavy atom. The van der Waals surface area contributed by atoms with E-state index in [1.165, 1.54) is 0 Å². The standard InChI is InChI=1S/C21H18ClN5O2/c1-12-17(8-7-16(11-24)19(12)22)25-20(13(2)28)21-27-26-18(29-21)9-14-3-5-15(10-23)6-4-14/h3-8,13,20,25,28H,9H2,1-2H3. The van der Waals surface area contributed by atoms with Gasteiger partial charge in [0, 0.05) is 5.69 Å². The highest BCUT2D eigenvalue weighted by atomic mass is 35.5. The number of anilines is 1. The molecule has 0 fully saturated rings. The Labute approximate surface area is 173 Å². The van der Waals surface area contributed by atoms with Gasteiger partial charge in [-0.2, -0.15) is 10.5 Å². The highest BCUT2D eigenvalue weighted by Crippen LogP contribution is 2.30. The summed E-state index contributed by atoms with van der Waals surface area (Å²) in [4.78, 5) is 0. The molecule has 8 heteroatoms. The second-order valence-electron chi connectivity index (χ2n) is 6.59. The fourth-order valence-corrected chi connectivity index (χ4v) is 3.03. The van der Waals surface area contributed by atoms with Crippen molar-refractivity contribution in [1.29, 1.82) is 10.5 Å². The van der Waals surface area contributed by atoms with E-state index in [0.29, 0.717) is 39.7 Å². The number of nitrogens with zero attached hydrogens (tertiary/aromatic N) is 4. The normalized spacial score (nSPS) is 12.6. The van der Waals surface area contributed by atoms with Crippen LogP contribution in [-0.2, 0) is 6.42 Å². The summed E-state index contributed by atoms with van der Waals surface area (Å²) in [7, 11) is 0. The highest BCUT2D eigenvalue weighted by molar-refractivity contribution is 6.32. The molecule has 0 aliphatic heterocycles. The van der Waals surface area contributed by atoms with Crippen LogP contribution in [0.3, 0.4) is 0 Å². The number of aliphatic hydroxyl groups excluding tert-OH is 1. The Kier molecular flexibility index (Phi) is 6.13.